The van der Waals surface area contributed by atoms with E-state index in [0.29, 0.717) is 5.69 Å². The molecule has 0 aliphatic carbocycles. The molecular formula is C10H7N3O. The fourth-order valence-electron chi connectivity index (χ4n) is 1.66. The second-order valence-corrected chi connectivity index (χ2v) is 3.13. The van der Waals surface area contributed by atoms with Gasteiger partial charge in [0.15, 0.2) is 0 Å². The summed E-state index contributed by atoms with van der Waals surface area (Å²) in [5, 5.41) is 18.3. The van der Waals surface area contributed by atoms with E-state index in [1.807, 2.05) is 24.3 Å². The van der Waals surface area contributed by atoms with Crippen LogP contribution in [0.15, 0.2) is 36.7 Å². The van der Waals surface area contributed by atoms with Gasteiger partial charge in [0, 0.05) is 10.9 Å². The van der Waals surface area contributed by atoms with Gasteiger partial charge in [0.2, 0.25) is 0 Å². The summed E-state index contributed by atoms with van der Waals surface area (Å²) in [6.45, 7) is 0. The molecule has 0 fully saturated rings. The molecule has 1 aromatic carbocycles. The highest BCUT2D eigenvalue weighted by Gasteiger charge is 2.11. The molecule has 0 saturated heterocycles. The van der Waals surface area contributed by atoms with Crippen LogP contribution in [0.1, 0.15) is 0 Å². The molecular weight excluding hydrogens is 178 g/mol. The number of para-hydroxylation sites is 1. The molecule has 2 heterocycles. The second kappa shape index (κ2) is 2.45. The van der Waals surface area contributed by atoms with Crippen molar-refractivity contribution < 1.29 is 5.21 Å². The van der Waals surface area contributed by atoms with E-state index in [-0.39, 0.29) is 0 Å². The van der Waals surface area contributed by atoms with Crippen LogP contribution in [0.2, 0.25) is 0 Å². The van der Waals surface area contributed by atoms with Crippen molar-refractivity contribution >= 4 is 10.9 Å². The molecule has 0 atom stereocenters. The second-order valence-electron chi connectivity index (χ2n) is 3.13. The maximum absolute atomic E-state index is 9.64. The molecule has 0 amide bonds. The molecule has 2 aliphatic heterocycles. The topological polar surface area (TPSA) is 50.9 Å². The van der Waals surface area contributed by atoms with Gasteiger partial charge in [-0.2, -0.15) is 9.83 Å². The van der Waals surface area contributed by atoms with E-state index in [4.69, 9.17) is 0 Å². The maximum atomic E-state index is 9.64. The first-order valence-electron chi connectivity index (χ1n) is 4.27. The lowest BCUT2D eigenvalue weighted by Crippen LogP contribution is -1.96. The maximum Gasteiger partial charge on any atom is 0.115 e. The number of benzene rings is 1. The summed E-state index contributed by atoms with van der Waals surface area (Å²) in [6, 6.07) is 7.59. The minimum absolute atomic E-state index is 0.700. The number of rotatable bonds is 0. The normalized spacial score (nSPS) is 11.1. The van der Waals surface area contributed by atoms with Gasteiger partial charge < -0.3 is 5.21 Å². The van der Waals surface area contributed by atoms with Gasteiger partial charge in [-0.3, -0.25) is 0 Å². The summed E-state index contributed by atoms with van der Waals surface area (Å²) in [7, 11) is 0. The minimum atomic E-state index is 0.700. The van der Waals surface area contributed by atoms with E-state index < -0.39 is 0 Å². The average molecular weight is 185 g/mol. The van der Waals surface area contributed by atoms with Crippen molar-refractivity contribution in [3.05, 3.63) is 36.7 Å². The molecule has 14 heavy (non-hydrogen) atoms. The van der Waals surface area contributed by atoms with Crippen LogP contribution >= 0.6 is 0 Å². The van der Waals surface area contributed by atoms with E-state index >= 15 is 0 Å². The van der Waals surface area contributed by atoms with Crippen LogP contribution in [0.3, 0.4) is 0 Å². The standard InChI is InChI=1S/C10H7N3O/c14-13-6-9-8(5-11-12-9)7-3-1-2-4-10(7)13/h1-6,14H. The summed E-state index contributed by atoms with van der Waals surface area (Å²) in [5.41, 5.74) is 2.42. The summed E-state index contributed by atoms with van der Waals surface area (Å²) in [4.78, 5) is 0. The molecule has 3 rings (SSSR count). The Labute approximate surface area is 79.7 Å². The fraction of sp³-hybridized carbons (Fsp3) is 0. The predicted molar refractivity (Wildman–Crippen MR) is 51.3 cm³/mol. The minimum Gasteiger partial charge on any atom is -0.428 e. The molecule has 0 bridgehead atoms. The molecule has 0 unspecified atom stereocenters. The predicted octanol–water partition coefficient (Wildman–Crippen LogP) is 1.77. The first kappa shape index (κ1) is 7.32. The summed E-state index contributed by atoms with van der Waals surface area (Å²) in [6.07, 6.45) is 3.27. The average Bonchev–Trinajstić information content (AvgIpc) is 2.66. The van der Waals surface area contributed by atoms with Gasteiger partial charge >= 0.3 is 0 Å². The first-order chi connectivity index (χ1) is 6.86. The summed E-state index contributed by atoms with van der Waals surface area (Å²) in [5.74, 6) is 0. The molecule has 4 nitrogen and oxygen atoms in total. The van der Waals surface area contributed by atoms with Crippen LogP contribution < -0.4 is 0 Å². The number of hydrogen-bond donors (Lipinski definition) is 1. The van der Waals surface area contributed by atoms with E-state index in [1.165, 1.54) is 0 Å². The van der Waals surface area contributed by atoms with Gasteiger partial charge in [-0.05, 0) is 6.07 Å². The van der Waals surface area contributed by atoms with Crippen LogP contribution in [0.25, 0.3) is 22.2 Å². The molecule has 4 heteroatoms. The van der Waals surface area contributed by atoms with Crippen molar-refractivity contribution in [2.45, 2.75) is 0 Å². The Morgan fingerprint density at radius 1 is 1.21 bits per heavy atom. The lowest BCUT2D eigenvalue weighted by molar-refractivity contribution is 0.198. The highest BCUT2D eigenvalue weighted by atomic mass is 16.5. The van der Waals surface area contributed by atoms with E-state index in [1.54, 1.807) is 12.4 Å². The third-order valence-corrected chi connectivity index (χ3v) is 2.31. The molecule has 2 aliphatic rings. The Bertz CT molecular complexity index is 573. The Kier molecular flexibility index (Phi) is 1.28. The highest BCUT2D eigenvalue weighted by molar-refractivity contribution is 5.94. The number of fused-ring (bicyclic) bond motifs is 3. The van der Waals surface area contributed by atoms with E-state index in [0.717, 1.165) is 21.2 Å². The first-order valence-corrected chi connectivity index (χ1v) is 4.27. The van der Waals surface area contributed by atoms with Crippen molar-refractivity contribution in [1.82, 2.24) is 14.9 Å². The van der Waals surface area contributed by atoms with Gasteiger partial charge in [-0.1, -0.05) is 18.2 Å². The Morgan fingerprint density at radius 3 is 3.00 bits per heavy atom. The zero-order chi connectivity index (χ0) is 9.54. The third-order valence-electron chi connectivity index (χ3n) is 2.31. The highest BCUT2D eigenvalue weighted by Crippen LogP contribution is 2.27. The van der Waals surface area contributed by atoms with Crippen molar-refractivity contribution in [1.29, 1.82) is 0 Å². The molecule has 1 aromatic rings. The zero-order valence-electron chi connectivity index (χ0n) is 7.25. The lowest BCUT2D eigenvalue weighted by Gasteiger charge is -2.06. The smallest absolute Gasteiger partial charge is 0.115 e. The molecule has 1 N–H and O–H groups in total. The number of nitrogens with zero attached hydrogens (tertiary/aromatic N) is 3. The van der Waals surface area contributed by atoms with E-state index in [2.05, 4.69) is 10.2 Å². The van der Waals surface area contributed by atoms with Gasteiger partial charge in [0.1, 0.15) is 5.69 Å². The molecule has 0 aromatic heterocycles. The van der Waals surface area contributed by atoms with Crippen LogP contribution in [-0.4, -0.2) is 20.1 Å². The van der Waals surface area contributed by atoms with Crippen LogP contribution in [0.5, 0.6) is 0 Å². The van der Waals surface area contributed by atoms with Crippen LogP contribution in [0, 0.1) is 0 Å². The van der Waals surface area contributed by atoms with Crippen molar-refractivity contribution in [2.75, 3.05) is 0 Å². The molecule has 0 spiro atoms. The van der Waals surface area contributed by atoms with Crippen molar-refractivity contribution in [2.24, 2.45) is 0 Å². The monoisotopic (exact) mass is 185 g/mol. The summed E-state index contributed by atoms with van der Waals surface area (Å²) >= 11 is 0. The number of pyridine rings is 1. The number of aromatic nitrogens is 3. The van der Waals surface area contributed by atoms with Crippen molar-refractivity contribution in [3.63, 3.8) is 0 Å². The molecule has 0 radical (unpaired) electrons. The SMILES string of the molecule is On1cc2nncc-2c2ccccc21. The largest absolute Gasteiger partial charge is 0.428 e. The van der Waals surface area contributed by atoms with Gasteiger partial charge in [-0.15, -0.1) is 5.10 Å². The molecule has 68 valence electrons. The summed E-state index contributed by atoms with van der Waals surface area (Å²) < 4.78 is 1.08. The van der Waals surface area contributed by atoms with Gasteiger partial charge in [0.25, 0.3) is 0 Å². The fourth-order valence-corrected chi connectivity index (χ4v) is 1.66. The quantitative estimate of drug-likeness (QED) is 0.543. The zero-order valence-corrected chi connectivity index (χ0v) is 7.25. The van der Waals surface area contributed by atoms with Gasteiger partial charge in [-0.25, -0.2) is 0 Å². The number of hydrogen-bond acceptors (Lipinski definition) is 3. The van der Waals surface area contributed by atoms with E-state index in [9.17, 15) is 5.21 Å². The Hall–Kier alpha value is -2.10. The Morgan fingerprint density at radius 2 is 2.07 bits per heavy atom. The third kappa shape index (κ3) is 0.821. The van der Waals surface area contributed by atoms with Crippen LogP contribution in [0.4, 0.5) is 0 Å². The van der Waals surface area contributed by atoms with Gasteiger partial charge in [0.05, 0.1) is 17.9 Å². The molecule has 0 saturated carbocycles. The van der Waals surface area contributed by atoms with Crippen LogP contribution in [-0.2, 0) is 0 Å². The lowest BCUT2D eigenvalue weighted by atomic mass is 10.1. The van der Waals surface area contributed by atoms with Crippen molar-refractivity contribution in [3.8, 4) is 11.3 Å². The Balaban J connectivity index is 2.60.